The molecular weight excluding hydrogens is 482 g/mol. The molecule has 3 aromatic heterocycles. The van der Waals surface area contributed by atoms with Gasteiger partial charge in [0.25, 0.3) is 0 Å². The van der Waals surface area contributed by atoms with Crippen molar-refractivity contribution in [1.29, 1.82) is 0 Å². The summed E-state index contributed by atoms with van der Waals surface area (Å²) in [6, 6.07) is 14.9. The van der Waals surface area contributed by atoms with E-state index in [0.717, 1.165) is 51.9 Å². The molecule has 0 aliphatic rings. The molecule has 0 atom stereocenters. The highest BCUT2D eigenvalue weighted by Gasteiger charge is 2.18. The number of carboxylic acids is 1. The zero-order chi connectivity index (χ0) is 23.1. The quantitative estimate of drug-likeness (QED) is 0.328. The number of aromatic nitrogens is 5. The lowest BCUT2D eigenvalue weighted by molar-refractivity contribution is 0.0696. The van der Waals surface area contributed by atoms with Crippen LogP contribution in [-0.2, 0) is 13.0 Å². The largest absolute Gasteiger partial charge is 0.478 e. The molecule has 33 heavy (non-hydrogen) atoms. The molecule has 166 valence electrons. The molecule has 7 nitrogen and oxygen atoms in total. The smallest absolute Gasteiger partial charge is 0.337 e. The van der Waals surface area contributed by atoms with Crippen molar-refractivity contribution in [2.45, 2.75) is 33.2 Å². The number of nitrogens with zero attached hydrogens (tertiary/aromatic N) is 5. The molecule has 0 saturated heterocycles. The Morgan fingerprint density at radius 1 is 1.15 bits per heavy atom. The molecule has 5 rings (SSSR count). The lowest BCUT2D eigenvalue weighted by Crippen LogP contribution is -2.06. The van der Waals surface area contributed by atoms with E-state index in [0.29, 0.717) is 16.8 Å². The molecule has 0 aliphatic carbocycles. The van der Waals surface area contributed by atoms with E-state index in [1.807, 2.05) is 24.4 Å². The molecule has 0 unspecified atom stereocenters. The average molecular weight is 504 g/mol. The number of hydrogen-bond acceptors (Lipinski definition) is 4. The first-order valence-corrected chi connectivity index (χ1v) is 11.6. The van der Waals surface area contributed by atoms with Crippen LogP contribution in [0.4, 0.5) is 0 Å². The third-order valence-electron chi connectivity index (χ3n) is 5.77. The Bertz CT molecular complexity index is 1520. The maximum absolute atomic E-state index is 11.7. The van der Waals surface area contributed by atoms with Gasteiger partial charge < -0.3 is 9.67 Å². The summed E-state index contributed by atoms with van der Waals surface area (Å²) in [6.45, 7) is 4.85. The highest BCUT2D eigenvalue weighted by atomic mass is 79.9. The topological polar surface area (TPSA) is 85.8 Å². The number of aromatic carboxylic acids is 1. The van der Waals surface area contributed by atoms with E-state index in [9.17, 15) is 9.90 Å². The van der Waals surface area contributed by atoms with Crippen molar-refractivity contribution >= 4 is 44.0 Å². The number of fused-ring (bicyclic) bond motifs is 2. The van der Waals surface area contributed by atoms with Crippen LogP contribution >= 0.6 is 15.9 Å². The van der Waals surface area contributed by atoms with Crippen LogP contribution in [0, 0.1) is 6.92 Å². The minimum atomic E-state index is -0.990. The lowest BCUT2D eigenvalue weighted by Gasteiger charge is -2.09. The van der Waals surface area contributed by atoms with Crippen molar-refractivity contribution in [2.24, 2.45) is 0 Å². The van der Waals surface area contributed by atoms with E-state index >= 15 is 0 Å². The van der Waals surface area contributed by atoms with Gasteiger partial charge in [-0.25, -0.2) is 19.4 Å². The number of pyridine rings is 1. The summed E-state index contributed by atoms with van der Waals surface area (Å²) in [5, 5.41) is 15.1. The fourth-order valence-corrected chi connectivity index (χ4v) is 4.73. The molecule has 1 N–H and O–H groups in total. The molecule has 0 saturated carbocycles. The Morgan fingerprint density at radius 2 is 1.97 bits per heavy atom. The van der Waals surface area contributed by atoms with Crippen LogP contribution in [0.25, 0.3) is 27.8 Å². The van der Waals surface area contributed by atoms with Gasteiger partial charge in [0.05, 0.1) is 23.3 Å². The second-order valence-electron chi connectivity index (χ2n) is 8.04. The average Bonchev–Trinajstić information content (AvgIpc) is 3.33. The molecule has 0 amide bonds. The predicted molar refractivity (Wildman–Crippen MR) is 131 cm³/mol. The predicted octanol–water partition coefficient (Wildman–Crippen LogP) is 5.54. The summed E-state index contributed by atoms with van der Waals surface area (Å²) in [7, 11) is 0. The fraction of sp³-hybridized carbons (Fsp3) is 0.200. The molecule has 0 aliphatic heterocycles. The van der Waals surface area contributed by atoms with Gasteiger partial charge in [0.15, 0.2) is 5.65 Å². The maximum Gasteiger partial charge on any atom is 0.337 e. The van der Waals surface area contributed by atoms with E-state index in [2.05, 4.69) is 50.5 Å². The van der Waals surface area contributed by atoms with E-state index in [-0.39, 0.29) is 5.56 Å². The zero-order valence-electron chi connectivity index (χ0n) is 18.3. The lowest BCUT2D eigenvalue weighted by atomic mass is 10.1. The minimum Gasteiger partial charge on any atom is -0.478 e. The summed E-state index contributed by atoms with van der Waals surface area (Å²) in [4.78, 5) is 21.2. The number of benzene rings is 2. The van der Waals surface area contributed by atoms with E-state index < -0.39 is 5.97 Å². The van der Waals surface area contributed by atoms with Gasteiger partial charge in [0.2, 0.25) is 0 Å². The molecular formula is C25H22BrN5O2. The van der Waals surface area contributed by atoms with Gasteiger partial charge in [0.1, 0.15) is 15.9 Å². The van der Waals surface area contributed by atoms with Crippen LogP contribution in [0.1, 0.15) is 40.7 Å². The number of halogens is 1. The highest BCUT2D eigenvalue weighted by Crippen LogP contribution is 2.30. The molecule has 3 heterocycles. The van der Waals surface area contributed by atoms with E-state index in [1.54, 1.807) is 28.9 Å². The first-order valence-electron chi connectivity index (χ1n) is 10.8. The molecule has 0 fully saturated rings. The maximum atomic E-state index is 11.7. The fourth-order valence-electron chi connectivity index (χ4n) is 4.15. The Labute approximate surface area is 198 Å². The number of imidazole rings is 1. The van der Waals surface area contributed by atoms with Crippen LogP contribution in [-0.4, -0.2) is 35.4 Å². The van der Waals surface area contributed by atoms with Crippen molar-refractivity contribution < 1.29 is 9.90 Å². The normalized spacial score (nSPS) is 11.5. The van der Waals surface area contributed by atoms with E-state index in [4.69, 9.17) is 4.98 Å². The molecule has 8 heteroatoms. The molecule has 0 radical (unpaired) electrons. The number of hydrogen-bond donors (Lipinski definition) is 1. The second kappa shape index (κ2) is 8.44. The molecule has 0 bridgehead atoms. The van der Waals surface area contributed by atoms with Crippen molar-refractivity contribution in [3.05, 3.63) is 81.8 Å². The van der Waals surface area contributed by atoms with Gasteiger partial charge in [-0.2, -0.15) is 5.10 Å². The number of para-hydroxylation sites is 1. The van der Waals surface area contributed by atoms with Crippen molar-refractivity contribution in [2.75, 3.05) is 0 Å². The third kappa shape index (κ3) is 3.70. The summed E-state index contributed by atoms with van der Waals surface area (Å²) < 4.78 is 4.54. The number of rotatable bonds is 6. The van der Waals surface area contributed by atoms with Crippen molar-refractivity contribution in [3.63, 3.8) is 0 Å². The molecule has 0 spiro atoms. The van der Waals surface area contributed by atoms with Gasteiger partial charge in [-0.3, -0.25) is 0 Å². The Morgan fingerprint density at radius 3 is 2.76 bits per heavy atom. The summed E-state index contributed by atoms with van der Waals surface area (Å²) in [5.74, 6) is 0.0375. The molecule has 2 aromatic carbocycles. The van der Waals surface area contributed by atoms with E-state index in [1.165, 1.54) is 0 Å². The van der Waals surface area contributed by atoms with Gasteiger partial charge >= 0.3 is 5.97 Å². The number of aryl methyl sites for hydroxylation is 2. The Hall–Kier alpha value is -3.52. The van der Waals surface area contributed by atoms with Crippen LogP contribution in [0.2, 0.25) is 0 Å². The van der Waals surface area contributed by atoms with Crippen LogP contribution < -0.4 is 0 Å². The van der Waals surface area contributed by atoms with Crippen LogP contribution in [0.5, 0.6) is 0 Å². The second-order valence-corrected chi connectivity index (χ2v) is 8.79. The van der Waals surface area contributed by atoms with Gasteiger partial charge in [-0.1, -0.05) is 25.1 Å². The standard InChI is InChI=1S/C25H22BrN5O2/c1-3-6-21-28-22-15(2)11-12-27-24(22)30(21)14-16-9-10-19-18(13-16)23(26)31(29-19)20-8-5-4-7-17(20)25(32)33/h4-5,7-13H,3,6,14H2,1-2H3,(H,32,33). The Kier molecular flexibility index (Phi) is 5.46. The molecule has 5 aromatic rings. The van der Waals surface area contributed by atoms with Crippen LogP contribution in [0.3, 0.4) is 0 Å². The summed E-state index contributed by atoms with van der Waals surface area (Å²) >= 11 is 3.65. The third-order valence-corrected chi connectivity index (χ3v) is 6.53. The first kappa shape index (κ1) is 21.3. The SMILES string of the molecule is CCCc1nc2c(C)ccnc2n1Cc1ccc2nn(-c3ccccc3C(=O)O)c(Br)c2c1. The number of carboxylic acid groups (broad SMARTS) is 1. The monoisotopic (exact) mass is 503 g/mol. The van der Waals surface area contributed by atoms with Gasteiger partial charge in [-0.05, 0) is 70.7 Å². The van der Waals surface area contributed by atoms with Gasteiger partial charge in [-0.15, -0.1) is 0 Å². The van der Waals surface area contributed by atoms with Crippen molar-refractivity contribution in [1.82, 2.24) is 24.3 Å². The van der Waals surface area contributed by atoms with Crippen LogP contribution in [0.15, 0.2) is 59.3 Å². The highest BCUT2D eigenvalue weighted by molar-refractivity contribution is 9.10. The van der Waals surface area contributed by atoms with Gasteiger partial charge in [0, 0.05) is 18.0 Å². The summed E-state index contributed by atoms with van der Waals surface area (Å²) in [6.07, 6.45) is 3.71. The minimum absolute atomic E-state index is 0.196. The summed E-state index contributed by atoms with van der Waals surface area (Å²) in [5.41, 5.74) is 5.54. The number of carbonyl (C=O) groups is 1. The Balaban J connectivity index is 1.60. The first-order chi connectivity index (χ1) is 16.0. The zero-order valence-corrected chi connectivity index (χ0v) is 19.9. The van der Waals surface area contributed by atoms with Crippen molar-refractivity contribution in [3.8, 4) is 5.69 Å².